The summed E-state index contributed by atoms with van der Waals surface area (Å²) in [5.41, 5.74) is -0.0299. The molecule has 2 aromatic carbocycles. The summed E-state index contributed by atoms with van der Waals surface area (Å²) in [6, 6.07) is 9.18. The first kappa shape index (κ1) is 29.0. The number of fused-ring (bicyclic) bond motifs is 2. The molecule has 38 heavy (non-hydrogen) atoms. The lowest BCUT2D eigenvalue weighted by Crippen LogP contribution is -2.49. The Balaban J connectivity index is 1.86. The smallest absolute Gasteiger partial charge is 0.237 e. The molecule has 4 N–H and O–H groups in total. The molecule has 4 atom stereocenters. The number of halogens is 3. The van der Waals surface area contributed by atoms with Gasteiger partial charge in [-0.1, -0.05) is 62.2 Å². The Morgan fingerprint density at radius 3 is 2.58 bits per heavy atom. The fourth-order valence-electron chi connectivity index (χ4n) is 5.99. The molecule has 2 aliphatic heterocycles. The van der Waals surface area contributed by atoms with Gasteiger partial charge in [0.2, 0.25) is 11.8 Å². The van der Waals surface area contributed by atoms with Crippen molar-refractivity contribution >= 4 is 49.0 Å². The van der Waals surface area contributed by atoms with Crippen LogP contribution in [0.25, 0.3) is 0 Å². The van der Waals surface area contributed by atoms with Crippen molar-refractivity contribution in [2.45, 2.75) is 76.2 Å². The molecule has 2 heterocycles. The molecule has 0 unspecified atom stereocenters. The summed E-state index contributed by atoms with van der Waals surface area (Å²) in [5, 5.41) is 9.81. The van der Waals surface area contributed by atoms with Gasteiger partial charge in [-0.05, 0) is 66.7 Å². The van der Waals surface area contributed by atoms with Crippen molar-refractivity contribution < 1.29 is 18.8 Å². The summed E-state index contributed by atoms with van der Waals surface area (Å²) in [6.07, 6.45) is 1.18. The van der Waals surface area contributed by atoms with Gasteiger partial charge in [0, 0.05) is 29.2 Å². The molecule has 2 amide bonds. The topological polar surface area (TPSA) is 90.5 Å². The van der Waals surface area contributed by atoms with Gasteiger partial charge in [-0.15, -0.1) is 0 Å². The summed E-state index contributed by atoms with van der Waals surface area (Å²) in [6.45, 7) is 10.3. The number of benzene rings is 2. The van der Waals surface area contributed by atoms with Crippen LogP contribution in [0.2, 0.25) is 29.2 Å². The molecule has 4 rings (SSSR count). The minimum Gasteiger partial charge on any atom is -0.432 e. The molecule has 0 saturated carbocycles. The van der Waals surface area contributed by atoms with Crippen molar-refractivity contribution in [1.82, 2.24) is 10.6 Å². The van der Waals surface area contributed by atoms with E-state index in [1.54, 1.807) is 30.3 Å². The van der Waals surface area contributed by atoms with Gasteiger partial charge in [0.1, 0.15) is 11.2 Å². The quantitative estimate of drug-likeness (QED) is 0.254. The number of hydrogen-bond acceptors (Lipinski definition) is 4. The van der Waals surface area contributed by atoms with Crippen molar-refractivity contribution in [1.29, 1.82) is 0 Å². The number of carbonyl (C=O) groups excluding carboxylic acids is 2. The maximum atomic E-state index is 15.7. The molecule has 0 radical (unpaired) electrons. The molecule has 1 spiro atoms. The van der Waals surface area contributed by atoms with E-state index in [-0.39, 0.29) is 27.8 Å². The van der Waals surface area contributed by atoms with E-state index in [0.29, 0.717) is 41.7 Å². The third-order valence-electron chi connectivity index (χ3n) is 7.49. The number of anilines is 1. The second-order valence-corrected chi connectivity index (χ2v) is 17.3. The van der Waals surface area contributed by atoms with E-state index in [4.69, 9.17) is 23.2 Å². The fraction of sp³-hybridized carbons (Fsp3) is 0.500. The Kier molecular flexibility index (Phi) is 8.05. The largest absolute Gasteiger partial charge is 0.432 e. The zero-order valence-corrected chi connectivity index (χ0v) is 24.9. The van der Waals surface area contributed by atoms with Crippen molar-refractivity contribution in [2.75, 3.05) is 11.9 Å². The number of nitrogens with one attached hydrogen (secondary N) is 3. The molecular formula is C28H36Cl2FN3O3Si. The van der Waals surface area contributed by atoms with Crippen LogP contribution in [0.3, 0.4) is 0 Å². The maximum absolute atomic E-state index is 15.7. The van der Waals surface area contributed by atoms with E-state index >= 15 is 4.39 Å². The Morgan fingerprint density at radius 1 is 1.21 bits per heavy atom. The summed E-state index contributed by atoms with van der Waals surface area (Å²) in [5.74, 6) is -2.14. The van der Waals surface area contributed by atoms with Gasteiger partial charge in [-0.2, -0.15) is 0 Å². The van der Waals surface area contributed by atoms with Crippen LogP contribution in [-0.2, 0) is 15.0 Å². The summed E-state index contributed by atoms with van der Waals surface area (Å²) < 4.78 is 15.7. The third kappa shape index (κ3) is 5.52. The van der Waals surface area contributed by atoms with Crippen molar-refractivity contribution in [3.63, 3.8) is 0 Å². The molecule has 1 saturated heterocycles. The van der Waals surface area contributed by atoms with Crippen LogP contribution in [0, 0.1) is 11.2 Å². The van der Waals surface area contributed by atoms with E-state index < -0.39 is 37.6 Å². The van der Waals surface area contributed by atoms with E-state index in [1.807, 2.05) is 13.1 Å². The minimum atomic E-state index is -2.25. The summed E-state index contributed by atoms with van der Waals surface area (Å²) in [7, 11) is -2.25. The summed E-state index contributed by atoms with van der Waals surface area (Å²) >= 11 is 12.5. The molecule has 0 aliphatic carbocycles. The predicted octanol–water partition coefficient (Wildman–Crippen LogP) is 5.59. The highest BCUT2D eigenvalue weighted by Gasteiger charge is 2.66. The van der Waals surface area contributed by atoms with Crippen LogP contribution >= 0.6 is 23.2 Å². The average molecular weight is 581 g/mol. The van der Waals surface area contributed by atoms with Crippen molar-refractivity contribution in [3.8, 4) is 0 Å². The standard InChI is InChI=1S/C28H36Cl2FN3O3Si/c1-27(2,3)15-21-28(18-11-10-16(29)14-20(18)33-26(28)36)22(17-8-6-9-19(30)23(17)31)24(34-21)25(35)32-12-7-13-38(4,5)37/h6,8-11,14,21-22,24,34,37H,7,12-13,15H2,1-5H3,(H,32,35)(H,33,36)/t21-,22-,24+,28+/m0/s1. The second kappa shape index (κ2) is 10.5. The number of carbonyl (C=O) groups is 2. The second-order valence-electron chi connectivity index (χ2n) is 12.3. The number of amides is 2. The van der Waals surface area contributed by atoms with Crippen LogP contribution < -0.4 is 16.0 Å². The van der Waals surface area contributed by atoms with Crippen LogP contribution in [0.1, 0.15) is 50.7 Å². The zero-order chi connectivity index (χ0) is 28.0. The third-order valence-corrected chi connectivity index (χ3v) is 9.59. The van der Waals surface area contributed by atoms with Crippen molar-refractivity contribution in [2.24, 2.45) is 5.41 Å². The molecule has 2 aromatic rings. The van der Waals surface area contributed by atoms with Gasteiger partial charge in [0.15, 0.2) is 8.32 Å². The number of hydrogen-bond donors (Lipinski definition) is 4. The van der Waals surface area contributed by atoms with Crippen LogP contribution in [0.5, 0.6) is 0 Å². The van der Waals surface area contributed by atoms with Crippen molar-refractivity contribution in [3.05, 3.63) is 63.4 Å². The van der Waals surface area contributed by atoms with Gasteiger partial charge < -0.3 is 20.7 Å². The molecule has 0 aromatic heterocycles. The zero-order valence-electron chi connectivity index (χ0n) is 22.4. The Bertz CT molecular complexity index is 1250. The van der Waals surface area contributed by atoms with Gasteiger partial charge in [-0.3, -0.25) is 9.59 Å². The highest BCUT2D eigenvalue weighted by Crippen LogP contribution is 2.57. The highest BCUT2D eigenvalue weighted by molar-refractivity contribution is 6.69. The number of rotatable bonds is 7. The van der Waals surface area contributed by atoms with Gasteiger partial charge in [0.05, 0.1) is 11.1 Å². The molecule has 0 bridgehead atoms. The molecule has 1 fully saturated rings. The van der Waals surface area contributed by atoms with Crippen LogP contribution in [-0.4, -0.2) is 43.6 Å². The van der Waals surface area contributed by atoms with Gasteiger partial charge >= 0.3 is 0 Å². The normalized spacial score (nSPS) is 25.0. The van der Waals surface area contributed by atoms with E-state index in [9.17, 15) is 14.4 Å². The molecule has 2 aliphatic rings. The van der Waals surface area contributed by atoms with Gasteiger partial charge in [0.25, 0.3) is 0 Å². The SMILES string of the molecule is CC(C)(C)C[C@@H]1N[C@@H](C(=O)NCCC[Si](C)(C)O)[C@H](c2cccc(Cl)c2F)[C@]12C(=O)Nc1cc(Cl)ccc12. The van der Waals surface area contributed by atoms with Crippen LogP contribution in [0.15, 0.2) is 36.4 Å². The first-order chi connectivity index (χ1) is 17.6. The van der Waals surface area contributed by atoms with Crippen LogP contribution in [0.4, 0.5) is 10.1 Å². The Hall–Kier alpha value is -1.97. The predicted molar refractivity (Wildman–Crippen MR) is 153 cm³/mol. The first-order valence-corrected chi connectivity index (χ1v) is 16.9. The monoisotopic (exact) mass is 579 g/mol. The summed E-state index contributed by atoms with van der Waals surface area (Å²) in [4.78, 5) is 38.0. The fourth-order valence-corrected chi connectivity index (χ4v) is 7.39. The Labute approximate surface area is 234 Å². The molecular weight excluding hydrogens is 544 g/mol. The van der Waals surface area contributed by atoms with E-state index in [2.05, 4.69) is 36.7 Å². The maximum Gasteiger partial charge on any atom is 0.237 e. The Morgan fingerprint density at radius 2 is 1.92 bits per heavy atom. The minimum absolute atomic E-state index is 0.0686. The lowest BCUT2D eigenvalue weighted by molar-refractivity contribution is -0.123. The van der Waals surface area contributed by atoms with E-state index in [0.717, 1.165) is 0 Å². The lowest BCUT2D eigenvalue weighted by atomic mass is 9.62. The molecule has 206 valence electrons. The van der Waals surface area contributed by atoms with Gasteiger partial charge in [-0.25, -0.2) is 4.39 Å². The van der Waals surface area contributed by atoms with E-state index in [1.165, 1.54) is 6.07 Å². The molecule has 6 nitrogen and oxygen atoms in total. The lowest BCUT2D eigenvalue weighted by Gasteiger charge is -2.37. The average Bonchev–Trinajstić information content (AvgIpc) is 3.26. The molecule has 10 heteroatoms. The highest BCUT2D eigenvalue weighted by atomic mass is 35.5. The first-order valence-electron chi connectivity index (χ1n) is 13.0.